The first-order valence-corrected chi connectivity index (χ1v) is 18.8. The first kappa shape index (κ1) is 35.7. The van der Waals surface area contributed by atoms with Gasteiger partial charge in [0.05, 0.1) is 0 Å². The predicted molar refractivity (Wildman–Crippen MR) is 132 cm³/mol. The van der Waals surface area contributed by atoms with E-state index in [2.05, 4.69) is 16.0 Å². The molecule has 0 bridgehead atoms. The van der Waals surface area contributed by atoms with E-state index in [1.54, 1.807) is 3.38 Å². The monoisotopic (exact) mass is 544 g/mol. The number of carbonyl (C=O) groups excluding carboxylic acids is 4. The van der Waals surface area contributed by atoms with Gasteiger partial charge in [-0.3, -0.25) is 0 Å². The van der Waals surface area contributed by atoms with Gasteiger partial charge in [0, 0.05) is 0 Å². The molecule has 0 amide bonds. The zero-order valence-corrected chi connectivity index (χ0v) is 24.0. The van der Waals surface area contributed by atoms with E-state index in [0.29, 0.717) is 26.2 Å². The summed E-state index contributed by atoms with van der Waals surface area (Å²) in [7, 11) is 0. The molecular weight excluding hydrogens is 502 g/mol. The Morgan fingerprint density at radius 3 is 1.00 bits per heavy atom. The Kier molecular flexibility index (Phi) is 10.0. The standard InChI is InChI=1S/C8H19N4.4C2H3O.3CH3.3ClH.Ti/c1-2-10-5-6-12-8-7-11-4-3-9-1;4*1-2-3;;;;;;;/h9-11H,1-8H2;4*1H3;3*1H3;3*1H;/q-1;;;;;;;;;;;+1. The van der Waals surface area contributed by atoms with Gasteiger partial charge in [-0.2, -0.15) is 0 Å². The summed E-state index contributed by atoms with van der Waals surface area (Å²) in [5.41, 5.74) is 0. The van der Waals surface area contributed by atoms with Gasteiger partial charge in [0.25, 0.3) is 0 Å². The Morgan fingerprint density at radius 2 is 0.774 bits per heavy atom. The number of nitrogens with one attached hydrogen (secondary N) is 3. The summed E-state index contributed by atoms with van der Waals surface area (Å²) < 4.78 is -0.776. The molecule has 1 aliphatic heterocycles. The minimum Gasteiger partial charge on any atom is -0.147 e. The van der Waals surface area contributed by atoms with Crippen LogP contribution in [0.25, 0.3) is 0 Å². The first-order chi connectivity index (χ1) is 12.5. The number of rotatable bonds is 5. The molecule has 3 N–H and O–H groups in total. The fourth-order valence-electron chi connectivity index (χ4n) is 4.76. The number of hydrogen-bond donors (Lipinski definition) is 3. The van der Waals surface area contributed by atoms with Gasteiger partial charge in [0.2, 0.25) is 0 Å². The minimum atomic E-state index is -7.46. The summed E-state index contributed by atoms with van der Waals surface area (Å²) in [6.45, 7) is 9.38. The number of nitrogens with zero attached hydrogens (tertiary/aromatic N) is 1. The summed E-state index contributed by atoms with van der Waals surface area (Å²) in [5, 5.41) is 14.2. The van der Waals surface area contributed by atoms with Gasteiger partial charge in [-0.1, -0.05) is 0 Å². The zero-order chi connectivity index (χ0) is 22.0. The van der Waals surface area contributed by atoms with Crippen molar-refractivity contribution in [3.8, 4) is 0 Å². The van der Waals surface area contributed by atoms with E-state index in [0.717, 1.165) is 13.1 Å². The SMILES string of the molecule is C[C](=O)[Ti]([CH3])([CH3])([CH3])([C](C)=O)([C](C)=O)([C](C)=O)[N]1CCNCCNCCNCC1.Cl.Cl.Cl. The van der Waals surface area contributed by atoms with E-state index in [4.69, 9.17) is 0 Å². The fraction of sp³-hybridized carbons (Fsp3) is 0.789. The molecule has 0 radical (unpaired) electrons. The maximum Gasteiger partial charge on any atom is -0.147 e. The Labute approximate surface area is 198 Å². The van der Waals surface area contributed by atoms with Crippen LogP contribution >= 0.6 is 37.2 Å². The van der Waals surface area contributed by atoms with Crippen molar-refractivity contribution >= 4 is 53.6 Å². The van der Waals surface area contributed by atoms with Crippen LogP contribution in [0, 0.1) is 0 Å². The van der Waals surface area contributed by atoms with Crippen LogP contribution in [-0.2, 0) is 30.9 Å². The maximum absolute atomic E-state index is 13.8. The summed E-state index contributed by atoms with van der Waals surface area (Å²) in [6.07, 6.45) is 0. The second kappa shape index (κ2) is 8.71. The zero-order valence-electron chi connectivity index (χ0n) is 20.0. The topological polar surface area (TPSA) is 108 Å². The van der Waals surface area contributed by atoms with Gasteiger partial charge in [-0.25, -0.2) is 0 Å². The molecule has 0 aromatic rings. The van der Waals surface area contributed by atoms with Gasteiger partial charge in [-0.15, -0.1) is 37.2 Å². The van der Waals surface area contributed by atoms with Crippen molar-refractivity contribution < 1.29 is 30.9 Å². The van der Waals surface area contributed by atoms with Crippen LogP contribution < -0.4 is 16.0 Å². The molecule has 0 spiro atoms. The smallest absolute Gasteiger partial charge is 0.147 e. The number of hydrogen-bond acceptors (Lipinski definition) is 8. The molecule has 1 saturated heterocycles. The molecule has 0 aromatic heterocycles. The fourth-order valence-corrected chi connectivity index (χ4v) is 16.0. The molecule has 1 heterocycles. The summed E-state index contributed by atoms with van der Waals surface area (Å²) in [6, 6.07) is 0. The molecule has 0 unspecified atom stereocenters. The van der Waals surface area contributed by atoms with Crippen molar-refractivity contribution in [1.29, 1.82) is 0 Å². The third kappa shape index (κ3) is 3.36. The molecule has 0 aromatic carbocycles. The third-order valence-corrected chi connectivity index (χ3v) is 38.0. The molecule has 0 saturated carbocycles. The molecule has 0 aliphatic carbocycles. The Hall–Kier alpha value is 0.104. The molecule has 188 valence electrons. The van der Waals surface area contributed by atoms with Gasteiger partial charge in [0.1, 0.15) is 0 Å². The van der Waals surface area contributed by atoms with Crippen LogP contribution in [0.4, 0.5) is 0 Å². The summed E-state index contributed by atoms with van der Waals surface area (Å²) >= 11 is -7.46. The average molecular weight is 546 g/mol. The van der Waals surface area contributed by atoms with Crippen molar-refractivity contribution in [3.63, 3.8) is 0 Å². The van der Waals surface area contributed by atoms with Crippen LogP contribution in [-0.4, -0.2) is 72.1 Å². The molecule has 1 rings (SSSR count). The van der Waals surface area contributed by atoms with E-state index in [-0.39, 0.29) is 50.3 Å². The van der Waals surface area contributed by atoms with Crippen molar-refractivity contribution in [1.82, 2.24) is 19.3 Å². The van der Waals surface area contributed by atoms with E-state index in [1.165, 1.54) is 43.4 Å². The van der Waals surface area contributed by atoms with Gasteiger partial charge < -0.3 is 0 Å². The Morgan fingerprint density at radius 1 is 0.548 bits per heavy atom. The van der Waals surface area contributed by atoms with Gasteiger partial charge in [0.15, 0.2) is 0 Å². The van der Waals surface area contributed by atoms with E-state index < -0.39 is 28.1 Å². The Balaban J connectivity index is -0.00000261. The van der Waals surface area contributed by atoms with E-state index in [1.807, 2.05) is 0 Å². The largest absolute Gasteiger partial charge is 0.147 e. The molecule has 1 aliphatic rings. The summed E-state index contributed by atoms with van der Waals surface area (Å²) in [4.78, 5) is 55.1. The van der Waals surface area contributed by atoms with Crippen molar-refractivity contribution in [2.24, 2.45) is 0 Å². The molecule has 8 nitrogen and oxygen atoms in total. The normalized spacial score (nSPS) is 21.8. The van der Waals surface area contributed by atoms with Gasteiger partial charge in [-0.05, 0) is 0 Å². The minimum absolute atomic E-state index is 0. The van der Waals surface area contributed by atoms with Crippen molar-refractivity contribution in [2.45, 2.75) is 43.4 Å². The number of halogens is 3. The predicted octanol–water partition coefficient (Wildman–Crippen LogP) is 1.88. The van der Waals surface area contributed by atoms with Crippen LogP contribution in [0.5, 0.6) is 0 Å². The summed E-state index contributed by atoms with van der Waals surface area (Å²) in [5.74, 6) is 0. The number of carbonyl (C=O) groups is 4. The van der Waals surface area contributed by atoms with Crippen molar-refractivity contribution in [3.05, 3.63) is 0 Å². The van der Waals surface area contributed by atoms with Crippen LogP contribution in [0.3, 0.4) is 0 Å². The van der Waals surface area contributed by atoms with Crippen LogP contribution in [0.1, 0.15) is 27.7 Å². The van der Waals surface area contributed by atoms with E-state index >= 15 is 0 Å². The van der Waals surface area contributed by atoms with Crippen LogP contribution in [0.15, 0.2) is 0 Å². The van der Waals surface area contributed by atoms with E-state index in [9.17, 15) is 19.2 Å². The maximum atomic E-state index is 13.8. The van der Waals surface area contributed by atoms with Gasteiger partial charge >= 0.3 is 162 Å². The van der Waals surface area contributed by atoms with Crippen LogP contribution in [0.2, 0.25) is 15.7 Å². The first-order valence-electron chi connectivity index (χ1n) is 10.3. The quantitative estimate of drug-likeness (QED) is 0.450. The molecule has 12 heteroatoms. The third-order valence-electron chi connectivity index (χ3n) is 10.6. The molecule has 0 atom stereocenters. The molecule has 1 fully saturated rings. The average Bonchev–Trinajstić information content (AvgIpc) is 2.55. The second-order valence-corrected chi connectivity index (χ2v) is 37.1. The molecular formula is C19H43Cl3N4O4Ti. The molecule has 31 heavy (non-hydrogen) atoms. The second-order valence-electron chi connectivity index (χ2n) is 11.8. The van der Waals surface area contributed by atoms with Crippen molar-refractivity contribution in [2.75, 3.05) is 52.4 Å². The Bertz CT molecular complexity index is 698.